The third kappa shape index (κ3) is 3.52. The molecule has 1 aliphatic heterocycles. The van der Waals surface area contributed by atoms with Gasteiger partial charge in [-0.25, -0.2) is 10.3 Å². The molecular formula is C33H20Cl2N4O3. The van der Waals surface area contributed by atoms with E-state index >= 15 is 0 Å². The number of nitrogens with one attached hydrogen (secondary N) is 1. The normalized spacial score (nSPS) is 23.4. The lowest BCUT2D eigenvalue weighted by atomic mass is 9.47. The Morgan fingerprint density at radius 2 is 1.55 bits per heavy atom. The van der Waals surface area contributed by atoms with Crippen molar-refractivity contribution in [3.05, 3.63) is 134 Å². The van der Waals surface area contributed by atoms with E-state index < -0.39 is 29.1 Å². The summed E-state index contributed by atoms with van der Waals surface area (Å²) in [5, 5.41) is 14.7. The van der Waals surface area contributed by atoms with E-state index in [-0.39, 0.29) is 33.7 Å². The van der Waals surface area contributed by atoms with Gasteiger partial charge in [0.1, 0.15) is 6.07 Å². The second-order valence-corrected chi connectivity index (χ2v) is 11.3. The molecule has 0 spiro atoms. The molecule has 1 fully saturated rings. The van der Waals surface area contributed by atoms with E-state index in [0.29, 0.717) is 5.02 Å². The highest BCUT2D eigenvalue weighted by atomic mass is 35.5. The number of rotatable bonds is 4. The molecule has 1 saturated heterocycles. The van der Waals surface area contributed by atoms with Crippen LogP contribution in [0, 0.1) is 23.2 Å². The molecule has 3 aliphatic carbocycles. The Balaban J connectivity index is 1.41. The zero-order chi connectivity index (χ0) is 29.2. The van der Waals surface area contributed by atoms with Crippen LogP contribution in [0.25, 0.3) is 0 Å². The lowest BCUT2D eigenvalue weighted by Crippen LogP contribution is -2.54. The van der Waals surface area contributed by atoms with Gasteiger partial charge in [0.05, 0.1) is 39.1 Å². The number of halogens is 2. The van der Waals surface area contributed by atoms with Crippen LogP contribution < -0.4 is 10.3 Å². The number of benzene rings is 4. The van der Waals surface area contributed by atoms with E-state index in [9.17, 15) is 19.6 Å². The number of hydrogen-bond donors (Lipinski definition) is 1. The fourth-order valence-electron chi connectivity index (χ4n) is 6.98. The van der Waals surface area contributed by atoms with E-state index in [4.69, 9.17) is 23.2 Å². The van der Waals surface area contributed by atoms with Crippen molar-refractivity contribution in [1.29, 1.82) is 5.26 Å². The minimum atomic E-state index is -1.17. The second kappa shape index (κ2) is 9.66. The molecule has 42 heavy (non-hydrogen) atoms. The van der Waals surface area contributed by atoms with Crippen LogP contribution in [0.1, 0.15) is 44.1 Å². The summed E-state index contributed by atoms with van der Waals surface area (Å²) in [6.45, 7) is 0. The van der Waals surface area contributed by atoms with Crippen molar-refractivity contribution in [3.63, 3.8) is 0 Å². The molecule has 204 valence electrons. The first-order valence-electron chi connectivity index (χ1n) is 13.2. The lowest BCUT2D eigenvalue weighted by molar-refractivity contribution is -0.122. The van der Waals surface area contributed by atoms with E-state index in [1.165, 1.54) is 12.1 Å². The Morgan fingerprint density at radius 1 is 0.905 bits per heavy atom. The van der Waals surface area contributed by atoms with Crippen LogP contribution in [0.5, 0.6) is 0 Å². The minimum Gasteiger partial charge on any atom is -0.274 e. The Kier molecular flexibility index (Phi) is 6.01. The Hall–Kier alpha value is -4.77. The monoisotopic (exact) mass is 590 g/mol. The third-order valence-electron chi connectivity index (χ3n) is 8.56. The smallest absolute Gasteiger partial charge is 0.272 e. The van der Waals surface area contributed by atoms with Crippen LogP contribution in [0.15, 0.2) is 96.1 Å². The molecule has 9 heteroatoms. The average Bonchev–Trinajstić information content (AvgIpc) is 3.27. The topological polar surface area (TPSA) is 103 Å². The number of carbonyl (C=O) groups is 3. The molecule has 3 amide bonds. The van der Waals surface area contributed by atoms with Gasteiger partial charge in [-0.1, -0.05) is 83.9 Å². The van der Waals surface area contributed by atoms with Crippen molar-refractivity contribution >= 4 is 52.8 Å². The van der Waals surface area contributed by atoms with Crippen molar-refractivity contribution < 1.29 is 14.4 Å². The fourth-order valence-corrected chi connectivity index (χ4v) is 7.47. The SMILES string of the molecule is N#Cc1ccccc1N1C(=O)[C@@H]2C3c4ccccc4C(/C=N\NC(=O)c4ccc(Cl)cc4Cl)(c4ccccc43)[C@H]2C1=O. The summed E-state index contributed by atoms with van der Waals surface area (Å²) in [5.41, 5.74) is 5.60. The first-order valence-corrected chi connectivity index (χ1v) is 14.0. The molecule has 0 unspecified atom stereocenters. The summed E-state index contributed by atoms with van der Waals surface area (Å²) in [4.78, 5) is 42.9. The highest BCUT2D eigenvalue weighted by Gasteiger charge is 2.68. The van der Waals surface area contributed by atoms with Gasteiger partial charge in [0, 0.05) is 17.2 Å². The minimum absolute atomic E-state index is 0.172. The van der Waals surface area contributed by atoms with Crippen LogP contribution in [0.3, 0.4) is 0 Å². The van der Waals surface area contributed by atoms with E-state index in [2.05, 4.69) is 16.6 Å². The van der Waals surface area contributed by atoms with E-state index in [1.54, 1.807) is 36.5 Å². The largest absolute Gasteiger partial charge is 0.274 e. The van der Waals surface area contributed by atoms with Gasteiger partial charge in [-0.3, -0.25) is 14.4 Å². The van der Waals surface area contributed by atoms with Gasteiger partial charge in [0.2, 0.25) is 11.8 Å². The van der Waals surface area contributed by atoms with Crippen molar-refractivity contribution in [3.8, 4) is 6.07 Å². The molecule has 0 saturated carbocycles. The van der Waals surface area contributed by atoms with E-state index in [1.807, 2.05) is 48.5 Å². The quantitative estimate of drug-likeness (QED) is 0.183. The molecule has 0 radical (unpaired) electrons. The van der Waals surface area contributed by atoms with E-state index in [0.717, 1.165) is 27.2 Å². The van der Waals surface area contributed by atoms with Gasteiger partial charge < -0.3 is 0 Å². The Bertz CT molecular complexity index is 1870. The molecule has 4 aromatic carbocycles. The highest BCUT2D eigenvalue weighted by Crippen LogP contribution is 2.63. The second-order valence-electron chi connectivity index (χ2n) is 10.5. The Labute approximate surface area is 251 Å². The summed E-state index contributed by atoms with van der Waals surface area (Å²) in [6.07, 6.45) is 1.57. The number of anilines is 1. The van der Waals surface area contributed by atoms with Gasteiger partial charge in [-0.15, -0.1) is 0 Å². The maximum absolute atomic E-state index is 14.4. The summed E-state index contributed by atoms with van der Waals surface area (Å²) < 4.78 is 0. The molecule has 1 heterocycles. The van der Waals surface area contributed by atoms with Gasteiger partial charge in [-0.2, -0.15) is 10.4 Å². The average molecular weight is 591 g/mol. The fraction of sp³-hybridized carbons (Fsp3) is 0.121. The number of nitrogens with zero attached hydrogens (tertiary/aromatic N) is 3. The zero-order valence-corrected chi connectivity index (χ0v) is 23.3. The molecule has 1 N–H and O–H groups in total. The number of hydrogen-bond acceptors (Lipinski definition) is 5. The first kappa shape index (κ1) is 26.1. The molecule has 4 aliphatic rings. The first-order chi connectivity index (χ1) is 20.4. The number of carbonyl (C=O) groups excluding carboxylic acids is 3. The molecule has 2 bridgehead atoms. The molecule has 4 aromatic rings. The van der Waals surface area contributed by atoms with Crippen molar-refractivity contribution in [2.24, 2.45) is 16.9 Å². The maximum atomic E-state index is 14.4. The summed E-state index contributed by atoms with van der Waals surface area (Å²) in [5.74, 6) is -3.29. The van der Waals surface area contributed by atoms with Gasteiger partial charge in [0.25, 0.3) is 5.91 Å². The summed E-state index contributed by atoms with van der Waals surface area (Å²) in [7, 11) is 0. The summed E-state index contributed by atoms with van der Waals surface area (Å²) in [6, 6.07) is 28.7. The standard InChI is InChI=1S/C33H20Cl2N4O3/c34-19-13-14-22(25(35)15-19)30(40)38-37-17-33-23-10-4-2-8-20(23)27(21-9-3-5-11-24(21)33)28-29(33)32(42)39(31(28)41)26-12-6-1-7-18(26)16-36/h1-15,17,27-29H,(H,38,40)/b37-17-/t27?,28-,29-,33?/m1/s1. The Morgan fingerprint density at radius 3 is 2.21 bits per heavy atom. The van der Waals surface area contributed by atoms with Crippen LogP contribution in [0.4, 0.5) is 5.69 Å². The van der Waals surface area contributed by atoms with Gasteiger partial charge in [-0.05, 0) is 52.6 Å². The van der Waals surface area contributed by atoms with Crippen LogP contribution in [0.2, 0.25) is 10.0 Å². The van der Waals surface area contributed by atoms with Gasteiger partial charge >= 0.3 is 0 Å². The molecule has 8 rings (SSSR count). The molecule has 0 aromatic heterocycles. The van der Waals surface area contributed by atoms with Crippen molar-refractivity contribution in [1.82, 2.24) is 5.43 Å². The highest BCUT2D eigenvalue weighted by molar-refractivity contribution is 6.36. The number of imide groups is 1. The third-order valence-corrected chi connectivity index (χ3v) is 9.11. The predicted octanol–water partition coefficient (Wildman–Crippen LogP) is 5.83. The molecule has 7 nitrogen and oxygen atoms in total. The molecule has 2 atom stereocenters. The molecular weight excluding hydrogens is 571 g/mol. The van der Waals surface area contributed by atoms with Gasteiger partial charge in [0.15, 0.2) is 0 Å². The van der Waals surface area contributed by atoms with Crippen LogP contribution in [-0.2, 0) is 15.0 Å². The maximum Gasteiger partial charge on any atom is 0.272 e. The number of para-hydroxylation sites is 1. The number of amides is 3. The summed E-state index contributed by atoms with van der Waals surface area (Å²) >= 11 is 12.2. The van der Waals surface area contributed by atoms with Crippen molar-refractivity contribution in [2.45, 2.75) is 11.3 Å². The van der Waals surface area contributed by atoms with Crippen molar-refractivity contribution in [2.75, 3.05) is 4.90 Å². The number of hydrazone groups is 1. The number of nitriles is 1. The lowest BCUT2D eigenvalue weighted by Gasteiger charge is -2.52. The van der Waals surface area contributed by atoms with Crippen LogP contribution >= 0.6 is 23.2 Å². The predicted molar refractivity (Wildman–Crippen MR) is 159 cm³/mol. The van der Waals surface area contributed by atoms with Crippen LogP contribution in [-0.4, -0.2) is 23.9 Å². The zero-order valence-electron chi connectivity index (χ0n) is 21.8.